The summed E-state index contributed by atoms with van der Waals surface area (Å²) in [5, 5.41) is 6.94. The highest BCUT2D eigenvalue weighted by Crippen LogP contribution is 2.17. The Hall–Kier alpha value is -2.15. The third kappa shape index (κ3) is 3.73. The number of aromatic nitrogens is 2. The van der Waals surface area contributed by atoms with E-state index in [1.165, 1.54) is 24.3 Å². The van der Waals surface area contributed by atoms with E-state index in [1.54, 1.807) is 17.1 Å². The molecule has 0 saturated carbocycles. The van der Waals surface area contributed by atoms with Crippen LogP contribution in [0.2, 0.25) is 0 Å². The summed E-state index contributed by atoms with van der Waals surface area (Å²) in [6.07, 6.45) is 4.46. The summed E-state index contributed by atoms with van der Waals surface area (Å²) in [6, 6.07) is 5.81. The summed E-state index contributed by atoms with van der Waals surface area (Å²) in [7, 11) is -3.26. The number of nitrogens with one attached hydrogen (secondary N) is 1. The second-order valence-corrected chi connectivity index (χ2v) is 8.11. The van der Waals surface area contributed by atoms with Gasteiger partial charge in [-0.2, -0.15) is 5.10 Å². The van der Waals surface area contributed by atoms with Crippen LogP contribution in [0.1, 0.15) is 31.1 Å². The molecule has 0 fully saturated rings. The van der Waals surface area contributed by atoms with Crippen LogP contribution in [0.4, 0.5) is 5.69 Å². The van der Waals surface area contributed by atoms with E-state index in [0.29, 0.717) is 11.3 Å². The molecule has 1 aromatic heterocycles. The van der Waals surface area contributed by atoms with Crippen molar-refractivity contribution in [3.05, 3.63) is 42.2 Å². The lowest BCUT2D eigenvalue weighted by Gasteiger charge is -2.18. The largest absolute Gasteiger partial charge is 0.319 e. The van der Waals surface area contributed by atoms with Crippen LogP contribution in [-0.2, 0) is 15.4 Å². The van der Waals surface area contributed by atoms with E-state index >= 15 is 0 Å². The van der Waals surface area contributed by atoms with Crippen LogP contribution in [-0.4, -0.2) is 30.4 Å². The van der Waals surface area contributed by atoms with Crippen molar-refractivity contribution < 1.29 is 13.2 Å². The van der Waals surface area contributed by atoms with Crippen LogP contribution < -0.4 is 5.32 Å². The SMILES string of the molecule is CC(C)(C)n1cc(NC(=O)c2ccc(S(C)(=O)=O)cc2)cn1. The van der Waals surface area contributed by atoms with E-state index in [9.17, 15) is 13.2 Å². The predicted molar refractivity (Wildman–Crippen MR) is 84.7 cm³/mol. The van der Waals surface area contributed by atoms with Gasteiger partial charge in [-0.05, 0) is 45.0 Å². The van der Waals surface area contributed by atoms with Crippen molar-refractivity contribution >= 4 is 21.4 Å². The second kappa shape index (κ2) is 5.57. The first kappa shape index (κ1) is 16.2. The van der Waals surface area contributed by atoms with Crippen LogP contribution in [0, 0.1) is 0 Å². The summed E-state index contributed by atoms with van der Waals surface area (Å²) in [4.78, 5) is 12.3. The van der Waals surface area contributed by atoms with Crippen LogP contribution in [0.25, 0.3) is 0 Å². The quantitative estimate of drug-likeness (QED) is 0.940. The number of hydrogen-bond donors (Lipinski definition) is 1. The number of nitrogens with zero attached hydrogens (tertiary/aromatic N) is 2. The minimum absolute atomic E-state index is 0.167. The van der Waals surface area contributed by atoms with Crippen molar-refractivity contribution in [3.8, 4) is 0 Å². The Morgan fingerprint density at radius 2 is 1.77 bits per heavy atom. The first-order valence-electron chi connectivity index (χ1n) is 6.74. The van der Waals surface area contributed by atoms with Gasteiger partial charge < -0.3 is 5.32 Å². The van der Waals surface area contributed by atoms with Gasteiger partial charge in [0.05, 0.1) is 22.3 Å². The molecule has 1 amide bonds. The van der Waals surface area contributed by atoms with Crippen molar-refractivity contribution in [3.63, 3.8) is 0 Å². The Morgan fingerprint density at radius 1 is 1.18 bits per heavy atom. The maximum atomic E-state index is 12.1. The minimum atomic E-state index is -3.26. The van der Waals surface area contributed by atoms with Gasteiger partial charge in [-0.15, -0.1) is 0 Å². The molecule has 6 nitrogen and oxygen atoms in total. The third-order valence-electron chi connectivity index (χ3n) is 3.07. The van der Waals surface area contributed by atoms with Gasteiger partial charge in [0.25, 0.3) is 5.91 Å². The molecule has 1 heterocycles. The molecule has 0 aliphatic heterocycles. The molecule has 1 N–H and O–H groups in total. The maximum Gasteiger partial charge on any atom is 0.255 e. The van der Waals surface area contributed by atoms with Crippen molar-refractivity contribution in [1.29, 1.82) is 0 Å². The van der Waals surface area contributed by atoms with Crippen LogP contribution in [0.15, 0.2) is 41.6 Å². The Labute approximate surface area is 130 Å². The van der Waals surface area contributed by atoms with Gasteiger partial charge >= 0.3 is 0 Å². The number of carbonyl (C=O) groups excluding carboxylic acids is 1. The lowest BCUT2D eigenvalue weighted by Crippen LogP contribution is -2.22. The van der Waals surface area contributed by atoms with E-state index < -0.39 is 9.84 Å². The standard InChI is InChI=1S/C15H19N3O3S/c1-15(2,3)18-10-12(9-16-18)17-14(19)11-5-7-13(8-6-11)22(4,20)21/h5-10H,1-4H3,(H,17,19). The molecule has 0 unspecified atom stereocenters. The smallest absolute Gasteiger partial charge is 0.255 e. The molecule has 0 radical (unpaired) electrons. The monoisotopic (exact) mass is 321 g/mol. The summed E-state index contributed by atoms with van der Waals surface area (Å²) >= 11 is 0. The summed E-state index contributed by atoms with van der Waals surface area (Å²) in [6.45, 7) is 6.03. The van der Waals surface area contributed by atoms with Crippen LogP contribution >= 0.6 is 0 Å². The molecular weight excluding hydrogens is 302 g/mol. The normalized spacial score (nSPS) is 12.2. The zero-order valence-electron chi connectivity index (χ0n) is 13.0. The van der Waals surface area contributed by atoms with Gasteiger partial charge in [0, 0.05) is 18.0 Å². The molecule has 0 saturated heterocycles. The first-order valence-corrected chi connectivity index (χ1v) is 8.63. The molecular formula is C15H19N3O3S. The molecule has 0 bridgehead atoms. The highest BCUT2D eigenvalue weighted by molar-refractivity contribution is 7.90. The van der Waals surface area contributed by atoms with E-state index in [0.717, 1.165) is 6.26 Å². The fraction of sp³-hybridized carbons (Fsp3) is 0.333. The van der Waals surface area contributed by atoms with Crippen molar-refractivity contribution in [1.82, 2.24) is 9.78 Å². The zero-order valence-corrected chi connectivity index (χ0v) is 13.8. The fourth-order valence-corrected chi connectivity index (χ4v) is 2.44. The van der Waals surface area contributed by atoms with Crippen LogP contribution in [0.5, 0.6) is 0 Å². The molecule has 2 aromatic rings. The van der Waals surface area contributed by atoms with Gasteiger partial charge in [-0.25, -0.2) is 8.42 Å². The van der Waals surface area contributed by atoms with E-state index in [4.69, 9.17) is 0 Å². The Balaban J connectivity index is 2.14. The number of carbonyl (C=O) groups is 1. The van der Waals surface area contributed by atoms with Gasteiger partial charge in [0.2, 0.25) is 0 Å². The summed E-state index contributed by atoms with van der Waals surface area (Å²) in [5.41, 5.74) is 0.808. The average Bonchev–Trinajstić information content (AvgIpc) is 2.86. The first-order chi connectivity index (χ1) is 10.1. The number of sulfone groups is 1. The predicted octanol–water partition coefficient (Wildman–Crippen LogP) is 2.29. The highest BCUT2D eigenvalue weighted by atomic mass is 32.2. The topological polar surface area (TPSA) is 81.1 Å². The maximum absolute atomic E-state index is 12.1. The zero-order chi connectivity index (χ0) is 16.5. The molecule has 0 spiro atoms. The van der Waals surface area contributed by atoms with Crippen molar-refractivity contribution in [2.45, 2.75) is 31.2 Å². The number of hydrogen-bond acceptors (Lipinski definition) is 4. The molecule has 1 aromatic carbocycles. The molecule has 0 atom stereocenters. The number of benzene rings is 1. The fourth-order valence-electron chi connectivity index (χ4n) is 1.81. The van der Waals surface area contributed by atoms with E-state index in [1.807, 2.05) is 20.8 Å². The minimum Gasteiger partial charge on any atom is -0.319 e. The Kier molecular flexibility index (Phi) is 4.10. The van der Waals surface area contributed by atoms with Crippen molar-refractivity contribution in [2.75, 3.05) is 11.6 Å². The second-order valence-electron chi connectivity index (χ2n) is 6.10. The van der Waals surface area contributed by atoms with Gasteiger partial charge in [0.15, 0.2) is 9.84 Å². The summed E-state index contributed by atoms with van der Waals surface area (Å²) in [5.74, 6) is -0.312. The van der Waals surface area contributed by atoms with E-state index in [-0.39, 0.29) is 16.3 Å². The van der Waals surface area contributed by atoms with E-state index in [2.05, 4.69) is 10.4 Å². The van der Waals surface area contributed by atoms with Crippen molar-refractivity contribution in [2.24, 2.45) is 0 Å². The molecule has 22 heavy (non-hydrogen) atoms. The third-order valence-corrected chi connectivity index (χ3v) is 4.20. The highest BCUT2D eigenvalue weighted by Gasteiger charge is 2.15. The summed E-state index contributed by atoms with van der Waals surface area (Å²) < 4.78 is 24.5. The molecule has 2 rings (SSSR count). The Bertz CT molecular complexity index is 784. The van der Waals surface area contributed by atoms with Crippen LogP contribution in [0.3, 0.4) is 0 Å². The number of anilines is 1. The number of amides is 1. The number of rotatable bonds is 3. The van der Waals surface area contributed by atoms with Gasteiger partial charge in [-0.3, -0.25) is 9.48 Å². The Morgan fingerprint density at radius 3 is 2.23 bits per heavy atom. The molecule has 7 heteroatoms. The molecule has 118 valence electrons. The lowest BCUT2D eigenvalue weighted by atomic mass is 10.1. The average molecular weight is 321 g/mol. The van der Waals surface area contributed by atoms with Gasteiger partial charge in [-0.1, -0.05) is 0 Å². The molecule has 0 aliphatic carbocycles. The molecule has 0 aliphatic rings. The van der Waals surface area contributed by atoms with Gasteiger partial charge in [0.1, 0.15) is 0 Å². The lowest BCUT2D eigenvalue weighted by molar-refractivity contribution is 0.102.